The van der Waals surface area contributed by atoms with E-state index in [2.05, 4.69) is 28.4 Å². The van der Waals surface area contributed by atoms with Gasteiger partial charge in [-0.2, -0.15) is 5.26 Å². The minimum atomic E-state index is 0.711. The number of aromatic nitrogens is 1. The third-order valence-electron chi connectivity index (χ3n) is 4.78. The monoisotopic (exact) mass is 292 g/mol. The molecule has 22 heavy (non-hydrogen) atoms. The number of hydrogen-bond acceptors (Lipinski definition) is 4. The highest BCUT2D eigenvalue weighted by atomic mass is 15.2. The van der Waals surface area contributed by atoms with Crippen molar-refractivity contribution in [1.29, 1.82) is 5.26 Å². The average Bonchev–Trinajstić information content (AvgIpc) is 2.59. The summed E-state index contributed by atoms with van der Waals surface area (Å²) in [5.74, 6) is 0.874. The standard InChI is InChI=1S/C18H20N4/c19-11-15-9-14-8-13-4-5-20-12-16(13)10-17(14)21-18(15)22-6-2-1-3-7-22/h8-10,20H,1-7,12H2. The SMILES string of the molecule is N#Cc1cc2cc3c(cc2nc1N1CCCCC1)CNCC3. The fraction of sp³-hybridized carbons (Fsp3) is 0.444. The summed E-state index contributed by atoms with van der Waals surface area (Å²) < 4.78 is 0. The molecule has 2 aromatic rings. The van der Waals surface area contributed by atoms with E-state index in [1.54, 1.807) is 0 Å². The van der Waals surface area contributed by atoms with Crippen molar-refractivity contribution in [1.82, 2.24) is 10.3 Å². The van der Waals surface area contributed by atoms with E-state index in [-0.39, 0.29) is 0 Å². The van der Waals surface area contributed by atoms with Gasteiger partial charge >= 0.3 is 0 Å². The number of hydrogen-bond donors (Lipinski definition) is 1. The molecule has 1 N–H and O–H groups in total. The van der Waals surface area contributed by atoms with E-state index in [1.165, 1.54) is 30.4 Å². The van der Waals surface area contributed by atoms with Crippen LogP contribution in [0.15, 0.2) is 18.2 Å². The Morgan fingerprint density at radius 1 is 1.09 bits per heavy atom. The van der Waals surface area contributed by atoms with Crippen LogP contribution in [0, 0.1) is 11.3 Å². The Labute approximate surface area is 130 Å². The first-order valence-corrected chi connectivity index (χ1v) is 8.17. The molecule has 4 rings (SSSR count). The normalized spacial score (nSPS) is 18.0. The zero-order valence-corrected chi connectivity index (χ0v) is 12.7. The molecule has 4 nitrogen and oxygen atoms in total. The van der Waals surface area contributed by atoms with Crippen molar-refractivity contribution in [2.75, 3.05) is 24.5 Å². The van der Waals surface area contributed by atoms with Gasteiger partial charge in [-0.15, -0.1) is 0 Å². The van der Waals surface area contributed by atoms with E-state index in [9.17, 15) is 5.26 Å². The molecular weight excluding hydrogens is 272 g/mol. The van der Waals surface area contributed by atoms with Crippen LogP contribution in [0.3, 0.4) is 0 Å². The molecule has 0 radical (unpaired) electrons. The van der Waals surface area contributed by atoms with Gasteiger partial charge in [-0.1, -0.05) is 0 Å². The molecule has 2 aliphatic rings. The molecule has 0 atom stereocenters. The third kappa shape index (κ3) is 2.32. The topological polar surface area (TPSA) is 52.0 Å². The molecule has 112 valence electrons. The lowest BCUT2D eigenvalue weighted by molar-refractivity contribution is 0.573. The van der Waals surface area contributed by atoms with Gasteiger partial charge in [0.2, 0.25) is 0 Å². The summed E-state index contributed by atoms with van der Waals surface area (Å²) >= 11 is 0. The lowest BCUT2D eigenvalue weighted by Crippen LogP contribution is -2.31. The molecule has 1 fully saturated rings. The second-order valence-electron chi connectivity index (χ2n) is 6.26. The maximum atomic E-state index is 9.52. The van der Waals surface area contributed by atoms with Gasteiger partial charge in [0.15, 0.2) is 0 Å². The van der Waals surface area contributed by atoms with Gasteiger partial charge in [0.25, 0.3) is 0 Å². The van der Waals surface area contributed by atoms with Crippen molar-refractivity contribution in [3.8, 4) is 6.07 Å². The summed E-state index contributed by atoms with van der Waals surface area (Å²) in [5.41, 5.74) is 4.47. The van der Waals surface area contributed by atoms with Crippen LogP contribution in [-0.2, 0) is 13.0 Å². The van der Waals surface area contributed by atoms with Gasteiger partial charge in [-0.25, -0.2) is 4.98 Å². The predicted molar refractivity (Wildman–Crippen MR) is 87.9 cm³/mol. The van der Waals surface area contributed by atoms with Gasteiger partial charge in [0.05, 0.1) is 11.1 Å². The lowest BCUT2D eigenvalue weighted by Gasteiger charge is -2.28. The van der Waals surface area contributed by atoms with Crippen LogP contribution < -0.4 is 10.2 Å². The smallest absolute Gasteiger partial charge is 0.147 e. The highest BCUT2D eigenvalue weighted by Crippen LogP contribution is 2.28. The number of piperidine rings is 1. The highest BCUT2D eigenvalue weighted by molar-refractivity contribution is 5.84. The van der Waals surface area contributed by atoms with Crippen LogP contribution in [0.2, 0.25) is 0 Å². The van der Waals surface area contributed by atoms with Crippen molar-refractivity contribution in [3.05, 3.63) is 34.9 Å². The van der Waals surface area contributed by atoms with Crippen molar-refractivity contribution >= 4 is 16.7 Å². The molecule has 0 amide bonds. The van der Waals surface area contributed by atoms with E-state index < -0.39 is 0 Å². The predicted octanol–water partition coefficient (Wildman–Crippen LogP) is 2.74. The zero-order valence-electron chi connectivity index (χ0n) is 12.7. The summed E-state index contributed by atoms with van der Waals surface area (Å²) in [6, 6.07) is 8.79. The summed E-state index contributed by atoms with van der Waals surface area (Å²) in [6.45, 7) is 3.98. The number of fused-ring (bicyclic) bond motifs is 2. The van der Waals surface area contributed by atoms with Gasteiger partial charge in [0, 0.05) is 25.0 Å². The Hall–Kier alpha value is -2.12. The molecule has 1 aromatic heterocycles. The van der Waals surface area contributed by atoms with Crippen molar-refractivity contribution < 1.29 is 0 Å². The van der Waals surface area contributed by atoms with Gasteiger partial charge < -0.3 is 10.2 Å². The molecule has 0 aliphatic carbocycles. The fourth-order valence-electron chi connectivity index (χ4n) is 3.57. The molecule has 1 aromatic carbocycles. The molecule has 0 saturated carbocycles. The van der Waals surface area contributed by atoms with E-state index in [1.807, 2.05) is 6.07 Å². The van der Waals surface area contributed by atoms with E-state index >= 15 is 0 Å². The molecule has 4 heteroatoms. The van der Waals surface area contributed by atoms with Crippen LogP contribution in [0.5, 0.6) is 0 Å². The number of anilines is 1. The number of rotatable bonds is 1. The second-order valence-corrected chi connectivity index (χ2v) is 6.26. The highest BCUT2D eigenvalue weighted by Gasteiger charge is 2.18. The van der Waals surface area contributed by atoms with Gasteiger partial charge in [0.1, 0.15) is 11.9 Å². The van der Waals surface area contributed by atoms with Crippen molar-refractivity contribution in [2.45, 2.75) is 32.2 Å². The van der Waals surface area contributed by atoms with Crippen LogP contribution >= 0.6 is 0 Å². The Bertz CT molecular complexity index is 754. The molecule has 0 spiro atoms. The number of benzene rings is 1. The Kier molecular flexibility index (Phi) is 3.44. The largest absolute Gasteiger partial charge is 0.356 e. The maximum Gasteiger partial charge on any atom is 0.147 e. The first-order chi connectivity index (χ1) is 10.8. The lowest BCUT2D eigenvalue weighted by atomic mass is 9.97. The zero-order chi connectivity index (χ0) is 14.9. The fourth-order valence-corrected chi connectivity index (χ4v) is 3.57. The Morgan fingerprint density at radius 3 is 2.77 bits per heavy atom. The number of nitrogens with zero attached hydrogens (tertiary/aromatic N) is 3. The van der Waals surface area contributed by atoms with E-state index in [0.717, 1.165) is 49.3 Å². The minimum Gasteiger partial charge on any atom is -0.356 e. The maximum absolute atomic E-state index is 9.52. The van der Waals surface area contributed by atoms with Crippen LogP contribution in [-0.4, -0.2) is 24.6 Å². The van der Waals surface area contributed by atoms with Gasteiger partial charge in [-0.3, -0.25) is 0 Å². The summed E-state index contributed by atoms with van der Waals surface area (Å²) in [6.07, 6.45) is 4.73. The van der Waals surface area contributed by atoms with Crippen LogP contribution in [0.4, 0.5) is 5.82 Å². The number of pyridine rings is 1. The summed E-state index contributed by atoms with van der Waals surface area (Å²) in [4.78, 5) is 7.13. The van der Waals surface area contributed by atoms with E-state index in [4.69, 9.17) is 4.98 Å². The number of nitrogens with one attached hydrogen (secondary N) is 1. The quantitative estimate of drug-likeness (QED) is 0.878. The third-order valence-corrected chi connectivity index (χ3v) is 4.78. The molecule has 3 heterocycles. The number of nitriles is 1. The van der Waals surface area contributed by atoms with Crippen molar-refractivity contribution in [2.24, 2.45) is 0 Å². The van der Waals surface area contributed by atoms with Gasteiger partial charge in [-0.05, 0) is 61.6 Å². The molecule has 1 saturated heterocycles. The molecule has 2 aliphatic heterocycles. The Balaban J connectivity index is 1.84. The van der Waals surface area contributed by atoms with Crippen LogP contribution in [0.25, 0.3) is 10.9 Å². The Morgan fingerprint density at radius 2 is 1.95 bits per heavy atom. The molecule has 0 unspecified atom stereocenters. The van der Waals surface area contributed by atoms with Crippen molar-refractivity contribution in [3.63, 3.8) is 0 Å². The summed E-state index contributed by atoms with van der Waals surface area (Å²) in [7, 11) is 0. The van der Waals surface area contributed by atoms with E-state index in [0.29, 0.717) is 5.56 Å². The first kappa shape index (κ1) is 13.5. The summed E-state index contributed by atoms with van der Waals surface area (Å²) in [5, 5.41) is 14.0. The first-order valence-electron chi connectivity index (χ1n) is 8.17. The second kappa shape index (κ2) is 5.58. The molecular formula is C18H20N4. The minimum absolute atomic E-state index is 0.711. The van der Waals surface area contributed by atoms with Crippen LogP contribution in [0.1, 0.15) is 36.0 Å². The molecule has 0 bridgehead atoms. The average molecular weight is 292 g/mol.